The predicted molar refractivity (Wildman–Crippen MR) is 78.6 cm³/mol. The molecular weight excluding hydrogens is 232 g/mol. The molecule has 0 aliphatic heterocycles. The molecule has 0 heterocycles. The summed E-state index contributed by atoms with van der Waals surface area (Å²) in [7, 11) is 0. The summed E-state index contributed by atoms with van der Waals surface area (Å²) in [5.74, 6) is 0.781. The second kappa shape index (κ2) is 4.65. The standard InChI is InChI=1S/C18H18O/c1-12(2)13-6-3-4-7-14(13)15-8-5-9-17-16(15)10-11-18(17)19/h3-9,12H,10-11H2,1-2H3. The molecule has 1 aliphatic rings. The maximum absolute atomic E-state index is 11.9. The molecule has 0 bridgehead atoms. The topological polar surface area (TPSA) is 17.1 Å². The minimum Gasteiger partial charge on any atom is -0.294 e. The van der Waals surface area contributed by atoms with Gasteiger partial charge in [0, 0.05) is 12.0 Å². The third kappa shape index (κ3) is 1.99. The third-order valence-electron chi connectivity index (χ3n) is 3.95. The van der Waals surface area contributed by atoms with Crippen molar-refractivity contribution in [3.05, 3.63) is 59.2 Å². The van der Waals surface area contributed by atoms with Crippen molar-refractivity contribution in [1.29, 1.82) is 0 Å². The van der Waals surface area contributed by atoms with Gasteiger partial charge in [0.1, 0.15) is 0 Å². The van der Waals surface area contributed by atoms with Crippen molar-refractivity contribution >= 4 is 5.78 Å². The average molecular weight is 250 g/mol. The minimum atomic E-state index is 0.291. The Morgan fingerprint density at radius 1 is 0.842 bits per heavy atom. The van der Waals surface area contributed by atoms with Crippen LogP contribution in [0.25, 0.3) is 11.1 Å². The van der Waals surface area contributed by atoms with Crippen molar-refractivity contribution in [3.8, 4) is 11.1 Å². The lowest BCUT2D eigenvalue weighted by atomic mass is 9.89. The Bertz CT molecular complexity index is 638. The van der Waals surface area contributed by atoms with Crippen LogP contribution in [-0.4, -0.2) is 5.78 Å². The number of fused-ring (bicyclic) bond motifs is 1. The normalized spacial score (nSPS) is 13.9. The van der Waals surface area contributed by atoms with E-state index < -0.39 is 0 Å². The second-order valence-electron chi connectivity index (χ2n) is 5.50. The molecule has 0 saturated heterocycles. The summed E-state index contributed by atoms with van der Waals surface area (Å²) in [6.07, 6.45) is 1.55. The van der Waals surface area contributed by atoms with Crippen LogP contribution in [0.5, 0.6) is 0 Å². The Balaban J connectivity index is 2.22. The number of Topliss-reactive ketones (excluding diaryl/α,β-unsaturated/α-hetero) is 1. The SMILES string of the molecule is CC(C)c1ccccc1-c1cccc2c1CCC2=O. The van der Waals surface area contributed by atoms with E-state index in [0.29, 0.717) is 18.1 Å². The van der Waals surface area contributed by atoms with E-state index in [4.69, 9.17) is 0 Å². The number of hydrogen-bond acceptors (Lipinski definition) is 1. The highest BCUT2D eigenvalue weighted by Gasteiger charge is 2.23. The van der Waals surface area contributed by atoms with Gasteiger partial charge in [-0.15, -0.1) is 0 Å². The fraction of sp³-hybridized carbons (Fsp3) is 0.278. The van der Waals surface area contributed by atoms with Crippen LogP contribution in [0, 0.1) is 0 Å². The van der Waals surface area contributed by atoms with Gasteiger partial charge in [-0.05, 0) is 34.6 Å². The number of carbonyl (C=O) groups is 1. The number of hydrogen-bond donors (Lipinski definition) is 0. The van der Waals surface area contributed by atoms with E-state index >= 15 is 0 Å². The lowest BCUT2D eigenvalue weighted by Crippen LogP contribution is -1.96. The van der Waals surface area contributed by atoms with Crippen LogP contribution in [0.3, 0.4) is 0 Å². The molecule has 96 valence electrons. The molecule has 0 N–H and O–H groups in total. The number of carbonyl (C=O) groups excluding carboxylic acids is 1. The molecule has 2 aromatic carbocycles. The Kier molecular flexibility index (Phi) is 2.98. The molecule has 0 atom stereocenters. The Labute approximate surface area is 114 Å². The molecule has 0 unspecified atom stereocenters. The molecule has 1 nitrogen and oxygen atoms in total. The first-order valence-corrected chi connectivity index (χ1v) is 6.93. The summed E-state index contributed by atoms with van der Waals surface area (Å²) < 4.78 is 0. The highest BCUT2D eigenvalue weighted by atomic mass is 16.1. The lowest BCUT2D eigenvalue weighted by molar-refractivity contribution is 0.0994. The van der Waals surface area contributed by atoms with E-state index in [-0.39, 0.29) is 0 Å². The lowest BCUT2D eigenvalue weighted by Gasteiger charge is -2.15. The van der Waals surface area contributed by atoms with Gasteiger partial charge in [-0.3, -0.25) is 4.79 Å². The Morgan fingerprint density at radius 2 is 1.53 bits per heavy atom. The Hall–Kier alpha value is -1.89. The van der Waals surface area contributed by atoms with Crippen molar-refractivity contribution in [1.82, 2.24) is 0 Å². The van der Waals surface area contributed by atoms with Gasteiger partial charge >= 0.3 is 0 Å². The zero-order valence-corrected chi connectivity index (χ0v) is 11.4. The maximum Gasteiger partial charge on any atom is 0.163 e. The molecule has 0 spiro atoms. The highest BCUT2D eigenvalue weighted by Crippen LogP contribution is 2.36. The quantitative estimate of drug-likeness (QED) is 0.761. The van der Waals surface area contributed by atoms with Gasteiger partial charge in [-0.2, -0.15) is 0 Å². The summed E-state index contributed by atoms with van der Waals surface area (Å²) in [5, 5.41) is 0. The number of benzene rings is 2. The molecule has 19 heavy (non-hydrogen) atoms. The van der Waals surface area contributed by atoms with Crippen molar-refractivity contribution < 1.29 is 4.79 Å². The van der Waals surface area contributed by atoms with Crippen molar-refractivity contribution in [2.75, 3.05) is 0 Å². The van der Waals surface area contributed by atoms with Gasteiger partial charge in [0.05, 0.1) is 0 Å². The molecule has 1 heteroatoms. The van der Waals surface area contributed by atoms with Gasteiger partial charge in [-0.25, -0.2) is 0 Å². The van der Waals surface area contributed by atoms with Crippen LogP contribution in [0.2, 0.25) is 0 Å². The zero-order valence-electron chi connectivity index (χ0n) is 11.4. The van der Waals surface area contributed by atoms with Crippen molar-refractivity contribution in [2.45, 2.75) is 32.6 Å². The van der Waals surface area contributed by atoms with E-state index in [0.717, 1.165) is 12.0 Å². The smallest absolute Gasteiger partial charge is 0.163 e. The van der Waals surface area contributed by atoms with Gasteiger partial charge in [-0.1, -0.05) is 56.3 Å². The van der Waals surface area contributed by atoms with Crippen LogP contribution in [-0.2, 0) is 6.42 Å². The first kappa shape index (κ1) is 12.2. The van der Waals surface area contributed by atoms with Crippen LogP contribution >= 0.6 is 0 Å². The van der Waals surface area contributed by atoms with E-state index in [2.05, 4.69) is 44.2 Å². The fourth-order valence-corrected chi connectivity index (χ4v) is 2.99. The van der Waals surface area contributed by atoms with Crippen molar-refractivity contribution in [2.24, 2.45) is 0 Å². The molecule has 0 amide bonds. The largest absolute Gasteiger partial charge is 0.294 e. The van der Waals surface area contributed by atoms with Crippen LogP contribution in [0.1, 0.15) is 47.7 Å². The maximum atomic E-state index is 11.9. The molecule has 0 fully saturated rings. The second-order valence-corrected chi connectivity index (χ2v) is 5.50. The van der Waals surface area contributed by atoms with Crippen LogP contribution in [0.4, 0.5) is 0 Å². The fourth-order valence-electron chi connectivity index (χ4n) is 2.99. The Morgan fingerprint density at radius 3 is 2.32 bits per heavy atom. The van der Waals surface area contributed by atoms with E-state index in [9.17, 15) is 4.79 Å². The first-order valence-electron chi connectivity index (χ1n) is 6.93. The molecule has 1 aliphatic carbocycles. The summed E-state index contributed by atoms with van der Waals surface area (Å²) in [4.78, 5) is 11.9. The molecule has 0 radical (unpaired) electrons. The average Bonchev–Trinajstić information content (AvgIpc) is 2.81. The molecule has 0 saturated carbocycles. The summed E-state index contributed by atoms with van der Waals surface area (Å²) >= 11 is 0. The summed E-state index contributed by atoms with van der Waals surface area (Å²) in [6, 6.07) is 14.7. The van der Waals surface area contributed by atoms with E-state index in [1.165, 1.54) is 22.3 Å². The van der Waals surface area contributed by atoms with Gasteiger partial charge in [0.2, 0.25) is 0 Å². The molecule has 0 aromatic heterocycles. The molecular formula is C18H18O. The summed E-state index contributed by atoms with van der Waals surface area (Å²) in [6.45, 7) is 4.43. The van der Waals surface area contributed by atoms with Gasteiger partial charge in [0.25, 0.3) is 0 Å². The predicted octanol–water partition coefficient (Wildman–Crippen LogP) is 4.61. The summed E-state index contributed by atoms with van der Waals surface area (Å²) in [5.41, 5.74) is 6.05. The van der Waals surface area contributed by atoms with Gasteiger partial charge < -0.3 is 0 Å². The van der Waals surface area contributed by atoms with Crippen molar-refractivity contribution in [3.63, 3.8) is 0 Å². The van der Waals surface area contributed by atoms with Crippen LogP contribution in [0.15, 0.2) is 42.5 Å². The first-order chi connectivity index (χ1) is 9.18. The number of rotatable bonds is 2. The molecule has 2 aromatic rings. The van der Waals surface area contributed by atoms with Crippen LogP contribution < -0.4 is 0 Å². The van der Waals surface area contributed by atoms with E-state index in [1.807, 2.05) is 12.1 Å². The zero-order chi connectivity index (χ0) is 13.4. The van der Waals surface area contributed by atoms with E-state index in [1.54, 1.807) is 0 Å². The highest BCUT2D eigenvalue weighted by molar-refractivity contribution is 6.02. The third-order valence-corrected chi connectivity index (χ3v) is 3.95. The van der Waals surface area contributed by atoms with Gasteiger partial charge in [0.15, 0.2) is 5.78 Å². The molecule has 3 rings (SSSR count). The minimum absolute atomic E-state index is 0.291. The monoisotopic (exact) mass is 250 g/mol. The number of ketones is 1.